The van der Waals surface area contributed by atoms with Gasteiger partial charge in [-0.3, -0.25) is 9.59 Å². The van der Waals surface area contributed by atoms with Crippen LogP contribution in [0.3, 0.4) is 0 Å². The molecule has 4 aromatic rings. The number of rotatable bonds is 8. The summed E-state index contributed by atoms with van der Waals surface area (Å²) in [6, 6.07) is 23.0. The molecule has 182 valence electrons. The fourth-order valence-electron chi connectivity index (χ4n) is 4.58. The van der Waals surface area contributed by atoms with Gasteiger partial charge in [0.2, 0.25) is 5.78 Å². The molecule has 1 aromatic heterocycles. The summed E-state index contributed by atoms with van der Waals surface area (Å²) in [5.74, 6) is -0.423. The number of ketones is 1. The van der Waals surface area contributed by atoms with Gasteiger partial charge < -0.3 is 23.9 Å². The molecule has 0 saturated heterocycles. The predicted octanol–water partition coefficient (Wildman–Crippen LogP) is 5.27. The first-order valence-electron chi connectivity index (χ1n) is 11.5. The van der Waals surface area contributed by atoms with E-state index in [1.165, 1.54) is 12.0 Å². The number of hydrogen-bond acceptors (Lipinski definition) is 6. The summed E-state index contributed by atoms with van der Waals surface area (Å²) in [5, 5.41) is 11.6. The Morgan fingerprint density at radius 1 is 0.972 bits per heavy atom. The molecular formula is C29H25NO6. The van der Waals surface area contributed by atoms with Crippen LogP contribution in [0.15, 0.2) is 94.6 Å². The maximum Gasteiger partial charge on any atom is 0.290 e. The molecule has 5 rings (SSSR count). The normalized spacial score (nSPS) is 15.6. The first-order valence-corrected chi connectivity index (χ1v) is 11.5. The number of para-hydroxylation sites is 1. The van der Waals surface area contributed by atoms with Crippen molar-refractivity contribution in [3.63, 3.8) is 0 Å². The minimum atomic E-state index is -0.750. The van der Waals surface area contributed by atoms with Crippen LogP contribution in [-0.2, 0) is 11.2 Å². The van der Waals surface area contributed by atoms with Crippen molar-refractivity contribution in [1.82, 2.24) is 4.90 Å². The molecule has 1 unspecified atom stereocenters. The molecule has 0 aliphatic carbocycles. The summed E-state index contributed by atoms with van der Waals surface area (Å²) < 4.78 is 16.4. The van der Waals surface area contributed by atoms with Crippen LogP contribution in [0.4, 0.5) is 0 Å². The Morgan fingerprint density at radius 2 is 1.72 bits per heavy atom. The average Bonchev–Trinajstić information content (AvgIpc) is 3.47. The largest absolute Gasteiger partial charge is 0.503 e. The number of carbonyl (C=O) groups excluding carboxylic acids is 2. The van der Waals surface area contributed by atoms with Gasteiger partial charge in [-0.1, -0.05) is 54.6 Å². The monoisotopic (exact) mass is 483 g/mol. The van der Waals surface area contributed by atoms with E-state index in [-0.39, 0.29) is 11.3 Å². The molecule has 0 radical (unpaired) electrons. The molecule has 36 heavy (non-hydrogen) atoms. The van der Waals surface area contributed by atoms with E-state index in [0.29, 0.717) is 29.7 Å². The number of aliphatic hydroxyl groups is 1. The summed E-state index contributed by atoms with van der Waals surface area (Å²) >= 11 is 0. The zero-order chi connectivity index (χ0) is 25.2. The summed E-state index contributed by atoms with van der Waals surface area (Å²) in [6.45, 7) is 0.305. The number of carbonyl (C=O) groups is 2. The van der Waals surface area contributed by atoms with Crippen LogP contribution in [0.1, 0.15) is 27.7 Å². The highest BCUT2D eigenvalue weighted by atomic mass is 16.5. The van der Waals surface area contributed by atoms with Gasteiger partial charge in [0.05, 0.1) is 25.8 Å². The van der Waals surface area contributed by atoms with Crippen LogP contribution in [0.25, 0.3) is 11.0 Å². The molecule has 1 N–H and O–H groups in total. The lowest BCUT2D eigenvalue weighted by molar-refractivity contribution is -0.129. The molecule has 0 bridgehead atoms. The zero-order valence-corrected chi connectivity index (χ0v) is 19.9. The molecule has 1 aliphatic heterocycles. The smallest absolute Gasteiger partial charge is 0.290 e. The van der Waals surface area contributed by atoms with Gasteiger partial charge in [0.25, 0.3) is 5.91 Å². The van der Waals surface area contributed by atoms with E-state index in [0.717, 1.165) is 16.9 Å². The third-order valence-electron chi connectivity index (χ3n) is 6.42. The predicted molar refractivity (Wildman–Crippen MR) is 134 cm³/mol. The molecule has 3 aromatic carbocycles. The van der Waals surface area contributed by atoms with Crippen LogP contribution in [0.5, 0.6) is 11.5 Å². The molecule has 7 heteroatoms. The maximum absolute atomic E-state index is 13.7. The first kappa shape index (κ1) is 23.2. The van der Waals surface area contributed by atoms with E-state index >= 15 is 0 Å². The van der Waals surface area contributed by atoms with Crippen molar-refractivity contribution in [2.24, 2.45) is 0 Å². The highest BCUT2D eigenvalue weighted by Gasteiger charge is 2.44. The molecule has 1 amide bonds. The summed E-state index contributed by atoms with van der Waals surface area (Å²) in [7, 11) is 3.13. The highest BCUT2D eigenvalue weighted by Crippen LogP contribution is 2.40. The van der Waals surface area contributed by atoms with Crippen molar-refractivity contribution in [3.05, 3.63) is 107 Å². The number of benzene rings is 3. The van der Waals surface area contributed by atoms with E-state index < -0.39 is 23.5 Å². The van der Waals surface area contributed by atoms with Gasteiger partial charge in [-0.25, -0.2) is 0 Å². The lowest BCUT2D eigenvalue weighted by Crippen LogP contribution is -2.33. The van der Waals surface area contributed by atoms with E-state index in [1.807, 2.05) is 60.7 Å². The van der Waals surface area contributed by atoms with Gasteiger partial charge in [0.1, 0.15) is 5.75 Å². The van der Waals surface area contributed by atoms with Gasteiger partial charge in [-0.15, -0.1) is 0 Å². The van der Waals surface area contributed by atoms with Crippen LogP contribution < -0.4 is 9.47 Å². The van der Waals surface area contributed by atoms with E-state index in [9.17, 15) is 14.7 Å². The second-order valence-corrected chi connectivity index (χ2v) is 8.49. The number of aliphatic hydroxyl groups excluding tert-OH is 1. The third-order valence-corrected chi connectivity index (χ3v) is 6.42. The number of Topliss-reactive ketones (excluding diaryl/α,β-unsaturated/α-hetero) is 1. The minimum absolute atomic E-state index is 0.000969. The number of amides is 1. The van der Waals surface area contributed by atoms with E-state index in [2.05, 4.69) is 0 Å². The lowest BCUT2D eigenvalue weighted by atomic mass is 9.95. The van der Waals surface area contributed by atoms with Gasteiger partial charge in [-0.2, -0.15) is 0 Å². The van der Waals surface area contributed by atoms with Crippen LogP contribution >= 0.6 is 0 Å². The number of hydrogen-bond donors (Lipinski definition) is 1. The standard InChI is InChI=1S/C29H25NO6/c1-34-21-13-11-18(12-14-21)15-16-30-25(19-7-4-3-5-8-19)24(27(32)29(30)33)26(31)23-17-20-9-6-10-22(35-2)28(20)36-23/h3-14,17,25,32H,15-16H2,1-2H3. The molecule has 1 aliphatic rings. The SMILES string of the molecule is COc1ccc(CCN2C(=O)C(O)=C(C(=O)c3cc4cccc(OC)c4o3)C2c2ccccc2)cc1. The Hall–Kier alpha value is -4.52. The molecular weight excluding hydrogens is 458 g/mol. The Balaban J connectivity index is 1.50. The molecule has 0 saturated carbocycles. The van der Waals surface area contributed by atoms with Gasteiger partial charge in [-0.05, 0) is 41.8 Å². The number of fused-ring (bicyclic) bond motifs is 1. The fraction of sp³-hybridized carbons (Fsp3) is 0.172. The number of furan rings is 1. The van der Waals surface area contributed by atoms with Crippen molar-refractivity contribution in [2.45, 2.75) is 12.5 Å². The van der Waals surface area contributed by atoms with Gasteiger partial charge >= 0.3 is 0 Å². The molecule has 0 fully saturated rings. The van der Waals surface area contributed by atoms with Crippen molar-refractivity contribution in [2.75, 3.05) is 20.8 Å². The molecule has 2 heterocycles. The maximum atomic E-state index is 13.7. The van der Waals surface area contributed by atoms with Crippen LogP contribution in [-0.4, -0.2) is 42.5 Å². The van der Waals surface area contributed by atoms with E-state index in [1.54, 1.807) is 25.3 Å². The second kappa shape index (κ2) is 9.62. The topological polar surface area (TPSA) is 89.2 Å². The summed E-state index contributed by atoms with van der Waals surface area (Å²) in [4.78, 5) is 28.5. The molecule has 0 spiro atoms. The van der Waals surface area contributed by atoms with Crippen molar-refractivity contribution in [1.29, 1.82) is 0 Å². The Morgan fingerprint density at radius 3 is 2.42 bits per heavy atom. The van der Waals surface area contributed by atoms with Gasteiger partial charge in [0.15, 0.2) is 22.9 Å². The quantitative estimate of drug-likeness (QED) is 0.344. The zero-order valence-electron chi connectivity index (χ0n) is 19.9. The number of nitrogens with zero attached hydrogens (tertiary/aromatic N) is 1. The Labute approximate surface area is 208 Å². The average molecular weight is 484 g/mol. The number of ether oxygens (including phenoxy) is 2. The van der Waals surface area contributed by atoms with Crippen LogP contribution in [0, 0.1) is 0 Å². The van der Waals surface area contributed by atoms with Crippen molar-refractivity contribution >= 4 is 22.7 Å². The van der Waals surface area contributed by atoms with Gasteiger partial charge in [0, 0.05) is 11.9 Å². The third kappa shape index (κ3) is 4.09. The fourth-order valence-corrected chi connectivity index (χ4v) is 4.58. The molecule has 7 nitrogen and oxygen atoms in total. The molecule has 1 atom stereocenters. The van der Waals surface area contributed by atoms with Crippen molar-refractivity contribution < 1.29 is 28.6 Å². The minimum Gasteiger partial charge on any atom is -0.503 e. The summed E-state index contributed by atoms with van der Waals surface area (Å²) in [6.07, 6.45) is 0.537. The first-order chi connectivity index (χ1) is 17.5. The van der Waals surface area contributed by atoms with Crippen molar-refractivity contribution in [3.8, 4) is 11.5 Å². The Bertz CT molecular complexity index is 1450. The number of methoxy groups -OCH3 is 2. The highest BCUT2D eigenvalue weighted by molar-refractivity contribution is 6.16. The van der Waals surface area contributed by atoms with Crippen LogP contribution in [0.2, 0.25) is 0 Å². The lowest BCUT2D eigenvalue weighted by Gasteiger charge is -2.26. The second-order valence-electron chi connectivity index (χ2n) is 8.49. The Kier molecular flexibility index (Phi) is 6.21. The van der Waals surface area contributed by atoms with E-state index in [4.69, 9.17) is 13.9 Å². The summed E-state index contributed by atoms with van der Waals surface area (Å²) in [5.41, 5.74) is 2.15.